The fourth-order valence-corrected chi connectivity index (χ4v) is 3.35. The second-order valence-corrected chi connectivity index (χ2v) is 7.99. The number of urea groups is 1. The van der Waals surface area contributed by atoms with Crippen LogP contribution in [0.4, 0.5) is 4.79 Å². The normalized spacial score (nSPS) is 18.8. The molecule has 0 spiro atoms. The third-order valence-electron chi connectivity index (χ3n) is 5.12. The SMILES string of the molecule is CC(C)(C)c1ccc(C(=O)N2CCN(C(=O)N3CCOCC3)CC2)cc1. The summed E-state index contributed by atoms with van der Waals surface area (Å²) in [7, 11) is 0. The van der Waals surface area contributed by atoms with Crippen molar-refractivity contribution in [2.75, 3.05) is 52.5 Å². The molecule has 3 amide bonds. The zero-order chi connectivity index (χ0) is 18.7. The molecule has 142 valence electrons. The average Bonchev–Trinajstić information content (AvgIpc) is 2.67. The van der Waals surface area contributed by atoms with Gasteiger partial charge < -0.3 is 19.4 Å². The van der Waals surface area contributed by atoms with E-state index in [1.165, 1.54) is 5.56 Å². The van der Waals surface area contributed by atoms with Gasteiger partial charge in [-0.25, -0.2) is 4.79 Å². The van der Waals surface area contributed by atoms with Gasteiger partial charge in [0.2, 0.25) is 0 Å². The average molecular weight is 359 g/mol. The molecule has 6 nitrogen and oxygen atoms in total. The summed E-state index contributed by atoms with van der Waals surface area (Å²) in [4.78, 5) is 30.8. The summed E-state index contributed by atoms with van der Waals surface area (Å²) in [5, 5.41) is 0. The topological polar surface area (TPSA) is 53.1 Å². The summed E-state index contributed by atoms with van der Waals surface area (Å²) in [5.41, 5.74) is 2.01. The molecule has 0 radical (unpaired) electrons. The molecule has 0 N–H and O–H groups in total. The number of hydrogen-bond donors (Lipinski definition) is 0. The number of hydrogen-bond acceptors (Lipinski definition) is 3. The fourth-order valence-electron chi connectivity index (χ4n) is 3.35. The molecule has 26 heavy (non-hydrogen) atoms. The Balaban J connectivity index is 1.55. The van der Waals surface area contributed by atoms with Crippen LogP contribution in [0.3, 0.4) is 0 Å². The maximum absolute atomic E-state index is 12.7. The predicted octanol–water partition coefficient (Wildman–Crippen LogP) is 2.19. The first-order chi connectivity index (χ1) is 12.4. The van der Waals surface area contributed by atoms with E-state index in [-0.39, 0.29) is 17.4 Å². The van der Waals surface area contributed by atoms with Gasteiger partial charge in [0.25, 0.3) is 5.91 Å². The van der Waals surface area contributed by atoms with Crippen LogP contribution in [0.5, 0.6) is 0 Å². The number of ether oxygens (including phenoxy) is 1. The molecule has 2 saturated heterocycles. The maximum atomic E-state index is 12.7. The Labute approximate surface area is 155 Å². The first-order valence-corrected chi connectivity index (χ1v) is 9.38. The van der Waals surface area contributed by atoms with Gasteiger partial charge in [-0.2, -0.15) is 0 Å². The van der Waals surface area contributed by atoms with E-state index in [4.69, 9.17) is 4.74 Å². The summed E-state index contributed by atoms with van der Waals surface area (Å²) >= 11 is 0. The van der Waals surface area contributed by atoms with Crippen molar-refractivity contribution in [1.82, 2.24) is 14.7 Å². The zero-order valence-corrected chi connectivity index (χ0v) is 16.0. The highest BCUT2D eigenvalue weighted by Gasteiger charge is 2.28. The van der Waals surface area contributed by atoms with E-state index in [0.717, 1.165) is 0 Å². The lowest BCUT2D eigenvalue weighted by molar-refractivity contribution is 0.0362. The van der Waals surface area contributed by atoms with Gasteiger partial charge >= 0.3 is 6.03 Å². The number of rotatable bonds is 1. The van der Waals surface area contributed by atoms with Crippen LogP contribution in [0.25, 0.3) is 0 Å². The van der Waals surface area contributed by atoms with Crippen molar-refractivity contribution < 1.29 is 14.3 Å². The van der Waals surface area contributed by atoms with Crippen LogP contribution in [-0.4, -0.2) is 79.1 Å². The molecule has 2 aliphatic heterocycles. The first-order valence-electron chi connectivity index (χ1n) is 9.38. The zero-order valence-electron chi connectivity index (χ0n) is 16.0. The smallest absolute Gasteiger partial charge is 0.320 e. The first kappa shape index (κ1) is 18.7. The molecular weight excluding hydrogens is 330 g/mol. The van der Waals surface area contributed by atoms with Gasteiger partial charge in [0.1, 0.15) is 0 Å². The largest absolute Gasteiger partial charge is 0.378 e. The van der Waals surface area contributed by atoms with Gasteiger partial charge in [-0.3, -0.25) is 4.79 Å². The van der Waals surface area contributed by atoms with Crippen molar-refractivity contribution in [2.45, 2.75) is 26.2 Å². The second-order valence-electron chi connectivity index (χ2n) is 7.99. The number of carbonyl (C=O) groups is 2. The third kappa shape index (κ3) is 4.18. The Bertz CT molecular complexity index is 637. The maximum Gasteiger partial charge on any atom is 0.320 e. The van der Waals surface area contributed by atoms with E-state index in [1.807, 2.05) is 39.0 Å². The van der Waals surface area contributed by atoms with Crippen LogP contribution in [-0.2, 0) is 10.2 Å². The predicted molar refractivity (Wildman–Crippen MR) is 100 cm³/mol. The molecule has 0 aromatic heterocycles. The van der Waals surface area contributed by atoms with Gasteiger partial charge in [-0.15, -0.1) is 0 Å². The van der Waals surface area contributed by atoms with Crippen LogP contribution in [0.2, 0.25) is 0 Å². The molecule has 0 bridgehead atoms. The molecule has 1 aromatic rings. The Morgan fingerprint density at radius 3 is 1.85 bits per heavy atom. The van der Waals surface area contributed by atoms with Crippen LogP contribution in [0, 0.1) is 0 Å². The minimum atomic E-state index is 0.0453. The molecule has 2 aliphatic rings. The van der Waals surface area contributed by atoms with Crippen LogP contribution < -0.4 is 0 Å². The van der Waals surface area contributed by atoms with Gasteiger partial charge in [0.15, 0.2) is 0 Å². The molecule has 1 aromatic carbocycles. The highest BCUT2D eigenvalue weighted by atomic mass is 16.5. The number of benzene rings is 1. The Morgan fingerprint density at radius 2 is 1.31 bits per heavy atom. The lowest BCUT2D eigenvalue weighted by Gasteiger charge is -2.38. The third-order valence-corrected chi connectivity index (χ3v) is 5.12. The summed E-state index contributed by atoms with van der Waals surface area (Å²) in [6.07, 6.45) is 0. The van der Waals surface area contributed by atoms with Crippen molar-refractivity contribution in [3.05, 3.63) is 35.4 Å². The molecule has 2 fully saturated rings. The Morgan fingerprint density at radius 1 is 0.808 bits per heavy atom. The Hall–Kier alpha value is -2.08. The van der Waals surface area contributed by atoms with Crippen molar-refractivity contribution in [3.8, 4) is 0 Å². The van der Waals surface area contributed by atoms with Gasteiger partial charge in [-0.1, -0.05) is 32.9 Å². The highest BCUT2D eigenvalue weighted by molar-refractivity contribution is 5.94. The van der Waals surface area contributed by atoms with E-state index in [1.54, 1.807) is 0 Å². The van der Waals surface area contributed by atoms with Gasteiger partial charge in [0.05, 0.1) is 13.2 Å². The van der Waals surface area contributed by atoms with Crippen molar-refractivity contribution in [2.24, 2.45) is 0 Å². The van der Waals surface area contributed by atoms with E-state index >= 15 is 0 Å². The number of piperazine rings is 1. The minimum absolute atomic E-state index is 0.0453. The molecule has 0 unspecified atom stereocenters. The summed E-state index contributed by atoms with van der Waals surface area (Å²) < 4.78 is 5.30. The second kappa shape index (κ2) is 7.66. The minimum Gasteiger partial charge on any atom is -0.378 e. The summed E-state index contributed by atoms with van der Waals surface area (Å²) in [6, 6.07) is 7.95. The molecule has 0 aliphatic carbocycles. The summed E-state index contributed by atoms with van der Waals surface area (Å²) in [6.45, 7) is 11.3. The monoisotopic (exact) mass is 359 g/mol. The van der Waals surface area contributed by atoms with Crippen molar-refractivity contribution >= 4 is 11.9 Å². The van der Waals surface area contributed by atoms with Crippen molar-refractivity contribution in [1.29, 1.82) is 0 Å². The number of nitrogens with zero attached hydrogens (tertiary/aromatic N) is 3. The number of amides is 3. The Kier molecular flexibility index (Phi) is 5.51. The van der Waals surface area contributed by atoms with Crippen LogP contribution in [0.15, 0.2) is 24.3 Å². The van der Waals surface area contributed by atoms with Gasteiger partial charge in [0, 0.05) is 44.8 Å². The number of morpholine rings is 1. The van der Waals surface area contributed by atoms with Gasteiger partial charge in [-0.05, 0) is 23.1 Å². The standard InChI is InChI=1S/C20H29N3O3/c1-20(2,3)17-6-4-16(5-7-17)18(24)21-8-10-22(11-9-21)19(25)23-12-14-26-15-13-23/h4-7H,8-15H2,1-3H3. The van der Waals surface area contributed by atoms with E-state index in [9.17, 15) is 9.59 Å². The molecule has 0 saturated carbocycles. The highest BCUT2D eigenvalue weighted by Crippen LogP contribution is 2.22. The molecular formula is C20H29N3O3. The summed E-state index contributed by atoms with van der Waals surface area (Å²) in [5.74, 6) is 0.0453. The van der Waals surface area contributed by atoms with Crippen molar-refractivity contribution in [3.63, 3.8) is 0 Å². The van der Waals surface area contributed by atoms with Crippen LogP contribution in [0.1, 0.15) is 36.7 Å². The lowest BCUT2D eigenvalue weighted by Crippen LogP contribution is -2.55. The van der Waals surface area contributed by atoms with E-state index < -0.39 is 0 Å². The van der Waals surface area contributed by atoms with E-state index in [0.29, 0.717) is 58.0 Å². The molecule has 3 rings (SSSR count). The molecule has 6 heteroatoms. The fraction of sp³-hybridized carbons (Fsp3) is 0.600. The van der Waals surface area contributed by atoms with E-state index in [2.05, 4.69) is 20.8 Å². The van der Waals surface area contributed by atoms with Crippen LogP contribution >= 0.6 is 0 Å². The molecule has 0 atom stereocenters. The lowest BCUT2D eigenvalue weighted by atomic mass is 9.86. The number of carbonyl (C=O) groups excluding carboxylic acids is 2. The quantitative estimate of drug-likeness (QED) is 0.772. The molecule has 2 heterocycles.